The quantitative estimate of drug-likeness (QED) is 0.869. The summed E-state index contributed by atoms with van der Waals surface area (Å²) in [6.07, 6.45) is 1.07. The van der Waals surface area contributed by atoms with Crippen molar-refractivity contribution in [1.29, 1.82) is 0 Å². The van der Waals surface area contributed by atoms with E-state index >= 15 is 0 Å². The van der Waals surface area contributed by atoms with Crippen molar-refractivity contribution in [2.75, 3.05) is 36.8 Å². The highest BCUT2D eigenvalue weighted by Gasteiger charge is 2.21. The second kappa shape index (κ2) is 7.24. The van der Waals surface area contributed by atoms with Crippen molar-refractivity contribution >= 4 is 23.0 Å². The van der Waals surface area contributed by atoms with Crippen LogP contribution in [0.2, 0.25) is 5.02 Å². The molecule has 0 amide bonds. The summed E-state index contributed by atoms with van der Waals surface area (Å²) in [4.78, 5) is 5.01. The summed E-state index contributed by atoms with van der Waals surface area (Å²) in [5, 5.41) is 0.796. The average molecular weight is 330 g/mol. The summed E-state index contributed by atoms with van der Waals surface area (Å²) in [5.74, 6) is 0. The van der Waals surface area contributed by atoms with Crippen LogP contribution in [-0.4, -0.2) is 37.1 Å². The first-order valence-electron chi connectivity index (χ1n) is 8.21. The maximum absolute atomic E-state index is 5.97. The lowest BCUT2D eigenvalue weighted by atomic mass is 10.0. The fourth-order valence-corrected chi connectivity index (χ4v) is 3.32. The van der Waals surface area contributed by atoms with Gasteiger partial charge in [0.05, 0.1) is 0 Å². The van der Waals surface area contributed by atoms with E-state index in [1.54, 1.807) is 0 Å². The Labute approximate surface area is 143 Å². The number of halogens is 1. The molecule has 0 bridgehead atoms. The summed E-state index contributed by atoms with van der Waals surface area (Å²) < 4.78 is 0. The van der Waals surface area contributed by atoms with Gasteiger partial charge in [0.25, 0.3) is 0 Å². The van der Waals surface area contributed by atoms with Gasteiger partial charge in [0.2, 0.25) is 0 Å². The fraction of sp³-hybridized carbons (Fsp3) is 0.368. The molecule has 1 fully saturated rings. The van der Waals surface area contributed by atoms with Crippen LogP contribution >= 0.6 is 11.6 Å². The van der Waals surface area contributed by atoms with Crippen LogP contribution in [-0.2, 0) is 6.42 Å². The summed E-state index contributed by atoms with van der Waals surface area (Å²) in [6, 6.07) is 16.9. The third-order valence-electron chi connectivity index (χ3n) is 4.64. The standard InChI is InChI=1S/C19H24ClN3/c1-15(14-16-2-6-18(21)7-3-16)22-10-12-23(13-11-22)19-8-4-17(20)5-9-19/h2-9,15H,10-14,21H2,1H3. The molecule has 0 spiro atoms. The van der Waals surface area contributed by atoms with Gasteiger partial charge in [-0.2, -0.15) is 0 Å². The van der Waals surface area contributed by atoms with Gasteiger partial charge < -0.3 is 10.6 Å². The lowest BCUT2D eigenvalue weighted by Crippen LogP contribution is -2.50. The molecule has 2 aromatic rings. The molecule has 1 aliphatic rings. The van der Waals surface area contributed by atoms with Crippen molar-refractivity contribution in [1.82, 2.24) is 4.90 Å². The molecule has 0 radical (unpaired) electrons. The number of nitrogens with two attached hydrogens (primary N) is 1. The van der Waals surface area contributed by atoms with Crippen molar-refractivity contribution in [3.05, 3.63) is 59.1 Å². The predicted octanol–water partition coefficient (Wildman–Crippen LogP) is 3.68. The van der Waals surface area contributed by atoms with Crippen LogP contribution < -0.4 is 10.6 Å². The maximum atomic E-state index is 5.97. The fourth-order valence-electron chi connectivity index (χ4n) is 3.20. The second-order valence-corrected chi connectivity index (χ2v) is 6.73. The van der Waals surface area contributed by atoms with E-state index < -0.39 is 0 Å². The number of nitrogens with zero attached hydrogens (tertiary/aromatic N) is 2. The summed E-state index contributed by atoms with van der Waals surface area (Å²) in [5.41, 5.74) is 9.21. The van der Waals surface area contributed by atoms with E-state index in [4.69, 9.17) is 17.3 Å². The Hall–Kier alpha value is -1.71. The second-order valence-electron chi connectivity index (χ2n) is 6.29. The van der Waals surface area contributed by atoms with E-state index in [0.29, 0.717) is 6.04 Å². The van der Waals surface area contributed by atoms with Crippen LogP contribution in [0, 0.1) is 0 Å². The zero-order valence-electron chi connectivity index (χ0n) is 13.6. The molecule has 2 N–H and O–H groups in total. The minimum Gasteiger partial charge on any atom is -0.399 e. The highest BCUT2D eigenvalue weighted by Crippen LogP contribution is 2.20. The molecule has 1 atom stereocenters. The van der Waals surface area contributed by atoms with E-state index in [1.165, 1.54) is 11.3 Å². The number of piperazine rings is 1. The van der Waals surface area contributed by atoms with Gasteiger partial charge in [-0.1, -0.05) is 23.7 Å². The van der Waals surface area contributed by atoms with Gasteiger partial charge in [0.1, 0.15) is 0 Å². The third kappa shape index (κ3) is 4.18. The maximum Gasteiger partial charge on any atom is 0.0407 e. The first kappa shape index (κ1) is 16.2. The number of benzene rings is 2. The van der Waals surface area contributed by atoms with Crippen molar-refractivity contribution in [3.63, 3.8) is 0 Å². The molecular formula is C19H24ClN3. The van der Waals surface area contributed by atoms with Gasteiger partial charge in [-0.25, -0.2) is 0 Å². The molecule has 122 valence electrons. The van der Waals surface area contributed by atoms with E-state index in [2.05, 4.69) is 41.0 Å². The molecule has 23 heavy (non-hydrogen) atoms. The number of anilines is 2. The SMILES string of the molecule is CC(Cc1ccc(N)cc1)N1CCN(c2ccc(Cl)cc2)CC1. The molecule has 3 rings (SSSR count). The Morgan fingerprint density at radius 2 is 1.57 bits per heavy atom. The Kier molecular flexibility index (Phi) is 5.09. The molecule has 1 saturated heterocycles. The molecule has 4 heteroatoms. The Balaban J connectivity index is 1.53. The van der Waals surface area contributed by atoms with Gasteiger partial charge in [0.15, 0.2) is 0 Å². The zero-order chi connectivity index (χ0) is 16.2. The lowest BCUT2D eigenvalue weighted by Gasteiger charge is -2.39. The van der Waals surface area contributed by atoms with Gasteiger partial charge in [-0.3, -0.25) is 4.90 Å². The van der Waals surface area contributed by atoms with Crippen LogP contribution in [0.15, 0.2) is 48.5 Å². The van der Waals surface area contributed by atoms with Crippen molar-refractivity contribution in [2.24, 2.45) is 0 Å². The summed E-state index contributed by atoms with van der Waals surface area (Å²) in [7, 11) is 0. The van der Waals surface area contributed by atoms with Crippen molar-refractivity contribution in [3.8, 4) is 0 Å². The molecule has 1 unspecified atom stereocenters. The predicted molar refractivity (Wildman–Crippen MR) is 99.3 cm³/mol. The number of rotatable bonds is 4. The molecule has 3 nitrogen and oxygen atoms in total. The molecule has 1 heterocycles. The minimum absolute atomic E-state index is 0.547. The van der Waals surface area contributed by atoms with Gasteiger partial charge in [0, 0.05) is 48.6 Å². The first-order chi connectivity index (χ1) is 11.1. The zero-order valence-corrected chi connectivity index (χ0v) is 14.3. The third-order valence-corrected chi connectivity index (χ3v) is 4.89. The Morgan fingerprint density at radius 3 is 2.17 bits per heavy atom. The van der Waals surface area contributed by atoms with E-state index in [0.717, 1.165) is 43.3 Å². The molecule has 1 aliphatic heterocycles. The lowest BCUT2D eigenvalue weighted by molar-refractivity contribution is 0.196. The van der Waals surface area contributed by atoms with Crippen LogP contribution in [0.1, 0.15) is 12.5 Å². The van der Waals surface area contributed by atoms with E-state index in [-0.39, 0.29) is 0 Å². The highest BCUT2D eigenvalue weighted by atomic mass is 35.5. The number of hydrogen-bond donors (Lipinski definition) is 1. The topological polar surface area (TPSA) is 32.5 Å². The smallest absolute Gasteiger partial charge is 0.0407 e. The Morgan fingerprint density at radius 1 is 0.957 bits per heavy atom. The number of nitrogen functional groups attached to an aromatic ring is 1. The molecule has 0 aliphatic carbocycles. The average Bonchev–Trinajstić information content (AvgIpc) is 2.58. The Bertz CT molecular complexity index is 616. The number of hydrogen-bond acceptors (Lipinski definition) is 3. The highest BCUT2D eigenvalue weighted by molar-refractivity contribution is 6.30. The van der Waals surface area contributed by atoms with Gasteiger partial charge >= 0.3 is 0 Å². The molecular weight excluding hydrogens is 306 g/mol. The molecule has 2 aromatic carbocycles. The van der Waals surface area contributed by atoms with Crippen LogP contribution in [0.5, 0.6) is 0 Å². The summed E-state index contributed by atoms with van der Waals surface area (Å²) in [6.45, 7) is 6.63. The largest absolute Gasteiger partial charge is 0.399 e. The van der Waals surface area contributed by atoms with E-state index in [9.17, 15) is 0 Å². The van der Waals surface area contributed by atoms with Crippen molar-refractivity contribution in [2.45, 2.75) is 19.4 Å². The van der Waals surface area contributed by atoms with Gasteiger partial charge in [-0.05, 0) is 55.3 Å². The van der Waals surface area contributed by atoms with Crippen molar-refractivity contribution < 1.29 is 0 Å². The molecule has 0 saturated carbocycles. The van der Waals surface area contributed by atoms with Crippen LogP contribution in [0.3, 0.4) is 0 Å². The normalized spacial score (nSPS) is 17.2. The summed E-state index contributed by atoms with van der Waals surface area (Å²) >= 11 is 5.97. The first-order valence-corrected chi connectivity index (χ1v) is 8.58. The minimum atomic E-state index is 0.547. The van der Waals surface area contributed by atoms with Crippen LogP contribution in [0.25, 0.3) is 0 Å². The van der Waals surface area contributed by atoms with Crippen LogP contribution in [0.4, 0.5) is 11.4 Å². The van der Waals surface area contributed by atoms with E-state index in [1.807, 2.05) is 24.3 Å². The monoisotopic (exact) mass is 329 g/mol. The van der Waals surface area contributed by atoms with Gasteiger partial charge in [-0.15, -0.1) is 0 Å². The molecule has 0 aromatic heterocycles.